The third-order valence-corrected chi connectivity index (χ3v) is 7.48. The number of nitrogens with one attached hydrogen (secondary N) is 1. The predicted molar refractivity (Wildman–Crippen MR) is 115 cm³/mol. The molecule has 0 spiro atoms. The summed E-state index contributed by atoms with van der Waals surface area (Å²) in [6.45, 7) is 3.90. The number of anilines is 1. The highest BCUT2D eigenvalue weighted by molar-refractivity contribution is 7.94. The van der Waals surface area contributed by atoms with Crippen LogP contribution in [0.4, 0.5) is 5.69 Å². The molecular formula is C21H22N2O4S2. The summed E-state index contributed by atoms with van der Waals surface area (Å²) in [5.74, 6) is -0.646. The highest BCUT2D eigenvalue weighted by Gasteiger charge is 2.22. The zero-order valence-corrected chi connectivity index (χ0v) is 17.9. The second-order valence-electron chi connectivity index (χ2n) is 6.77. The third kappa shape index (κ3) is 4.60. The second kappa shape index (κ2) is 8.26. The van der Waals surface area contributed by atoms with Gasteiger partial charge in [0.15, 0.2) is 0 Å². The van der Waals surface area contributed by atoms with E-state index in [0.29, 0.717) is 0 Å². The van der Waals surface area contributed by atoms with Crippen molar-refractivity contribution in [2.75, 3.05) is 11.8 Å². The molecule has 2 aromatic carbocycles. The summed E-state index contributed by atoms with van der Waals surface area (Å²) in [5, 5.41) is 12.0. The fourth-order valence-electron chi connectivity index (χ4n) is 2.83. The van der Waals surface area contributed by atoms with E-state index in [0.717, 1.165) is 22.5 Å². The zero-order valence-electron chi connectivity index (χ0n) is 16.3. The van der Waals surface area contributed by atoms with Crippen molar-refractivity contribution >= 4 is 33.0 Å². The van der Waals surface area contributed by atoms with Crippen molar-refractivity contribution in [3.05, 3.63) is 76.7 Å². The van der Waals surface area contributed by atoms with Crippen LogP contribution in [0.1, 0.15) is 34.5 Å². The van der Waals surface area contributed by atoms with Crippen molar-refractivity contribution in [2.24, 2.45) is 0 Å². The fourth-order valence-corrected chi connectivity index (χ4v) is 4.87. The van der Waals surface area contributed by atoms with Crippen LogP contribution in [-0.2, 0) is 10.0 Å². The highest BCUT2D eigenvalue weighted by Crippen LogP contribution is 2.28. The Morgan fingerprint density at radius 2 is 1.83 bits per heavy atom. The van der Waals surface area contributed by atoms with Gasteiger partial charge in [0.05, 0.1) is 17.3 Å². The molecule has 1 aromatic heterocycles. The minimum Gasteiger partial charge on any atom is -0.507 e. The molecule has 1 atom stereocenters. The Hall–Kier alpha value is -2.84. The van der Waals surface area contributed by atoms with E-state index >= 15 is 0 Å². The molecular weight excluding hydrogens is 408 g/mol. The molecule has 29 heavy (non-hydrogen) atoms. The van der Waals surface area contributed by atoms with Crippen molar-refractivity contribution in [3.8, 4) is 5.75 Å². The molecule has 0 aliphatic carbocycles. The van der Waals surface area contributed by atoms with Crippen molar-refractivity contribution in [1.82, 2.24) is 4.90 Å². The Balaban J connectivity index is 1.78. The number of carbonyl (C=O) groups is 1. The SMILES string of the molecule is Cc1ccc(C(C)N(C)C(=O)c2ccc(NS(=O)(=O)c3cccs3)cc2O)cc1. The van der Waals surface area contributed by atoms with Gasteiger partial charge in [-0.3, -0.25) is 9.52 Å². The average Bonchev–Trinajstić information content (AvgIpc) is 3.23. The van der Waals surface area contributed by atoms with Crippen LogP contribution in [0.15, 0.2) is 64.2 Å². The van der Waals surface area contributed by atoms with Gasteiger partial charge in [0, 0.05) is 13.1 Å². The lowest BCUT2D eigenvalue weighted by Crippen LogP contribution is -2.29. The third-order valence-electron chi connectivity index (χ3n) is 4.70. The van der Waals surface area contributed by atoms with Gasteiger partial charge in [-0.25, -0.2) is 8.42 Å². The van der Waals surface area contributed by atoms with E-state index in [1.165, 1.54) is 29.2 Å². The van der Waals surface area contributed by atoms with Crippen molar-refractivity contribution in [1.29, 1.82) is 0 Å². The van der Waals surface area contributed by atoms with Crippen LogP contribution in [-0.4, -0.2) is 31.4 Å². The van der Waals surface area contributed by atoms with Gasteiger partial charge < -0.3 is 10.0 Å². The van der Waals surface area contributed by atoms with Crippen molar-refractivity contribution in [3.63, 3.8) is 0 Å². The van der Waals surface area contributed by atoms with Gasteiger partial charge in [0.25, 0.3) is 15.9 Å². The largest absolute Gasteiger partial charge is 0.507 e. The standard InChI is InChI=1S/C21H22N2O4S2/c1-14-6-8-16(9-7-14)15(2)23(3)21(25)18-11-10-17(13-19(18)24)22-29(26,27)20-5-4-12-28-20/h4-13,15,22,24H,1-3H3. The van der Waals surface area contributed by atoms with Crippen LogP contribution in [0.5, 0.6) is 5.75 Å². The number of phenols is 1. The first-order valence-electron chi connectivity index (χ1n) is 8.92. The molecule has 0 saturated carbocycles. The molecule has 0 fully saturated rings. The molecule has 0 saturated heterocycles. The van der Waals surface area contributed by atoms with Crippen LogP contribution >= 0.6 is 11.3 Å². The first kappa shape index (κ1) is 20.9. The molecule has 6 nitrogen and oxygen atoms in total. The molecule has 1 heterocycles. The minimum atomic E-state index is -3.73. The summed E-state index contributed by atoms with van der Waals surface area (Å²) in [5.41, 5.74) is 2.40. The number of amides is 1. The number of benzene rings is 2. The summed E-state index contributed by atoms with van der Waals surface area (Å²) < 4.78 is 27.2. The smallest absolute Gasteiger partial charge is 0.271 e. The number of thiophene rings is 1. The van der Waals surface area contributed by atoms with E-state index in [1.54, 1.807) is 18.5 Å². The lowest BCUT2D eigenvalue weighted by Gasteiger charge is -2.26. The van der Waals surface area contributed by atoms with Gasteiger partial charge in [0.1, 0.15) is 9.96 Å². The van der Waals surface area contributed by atoms with Gasteiger partial charge in [-0.15, -0.1) is 11.3 Å². The number of hydrogen-bond acceptors (Lipinski definition) is 5. The lowest BCUT2D eigenvalue weighted by molar-refractivity contribution is 0.0739. The Morgan fingerprint density at radius 1 is 1.14 bits per heavy atom. The molecule has 0 bridgehead atoms. The topological polar surface area (TPSA) is 86.7 Å². The van der Waals surface area contributed by atoms with Gasteiger partial charge in [0.2, 0.25) is 0 Å². The Labute approximate surface area is 174 Å². The summed E-state index contributed by atoms with van der Waals surface area (Å²) in [4.78, 5) is 14.4. The molecule has 0 aliphatic heterocycles. The number of sulfonamides is 1. The second-order valence-corrected chi connectivity index (χ2v) is 9.63. The van der Waals surface area contributed by atoms with E-state index in [1.807, 2.05) is 38.1 Å². The number of carbonyl (C=O) groups excluding carboxylic acids is 1. The maximum atomic E-state index is 12.9. The predicted octanol–water partition coefficient (Wildman–Crippen LogP) is 4.40. The monoisotopic (exact) mass is 430 g/mol. The maximum absolute atomic E-state index is 12.9. The van der Waals surface area contributed by atoms with Gasteiger partial charge >= 0.3 is 0 Å². The molecule has 0 radical (unpaired) electrons. The first-order valence-corrected chi connectivity index (χ1v) is 11.3. The van der Waals surface area contributed by atoms with Crippen LogP contribution in [0, 0.1) is 6.92 Å². The molecule has 3 aromatic rings. The average molecular weight is 431 g/mol. The number of nitrogens with zero attached hydrogens (tertiary/aromatic N) is 1. The summed E-state index contributed by atoms with van der Waals surface area (Å²) in [7, 11) is -2.06. The van der Waals surface area contributed by atoms with Crippen molar-refractivity contribution < 1.29 is 18.3 Å². The fraction of sp³-hybridized carbons (Fsp3) is 0.190. The molecule has 0 aliphatic rings. The Morgan fingerprint density at radius 3 is 2.41 bits per heavy atom. The summed E-state index contributed by atoms with van der Waals surface area (Å²) in [6.07, 6.45) is 0. The Kier molecular flexibility index (Phi) is 5.95. The normalized spacial score (nSPS) is 12.4. The van der Waals surface area contributed by atoms with Gasteiger partial charge in [-0.1, -0.05) is 35.9 Å². The van der Waals surface area contributed by atoms with E-state index in [9.17, 15) is 18.3 Å². The van der Waals surface area contributed by atoms with Gasteiger partial charge in [-0.05, 0) is 43.0 Å². The number of rotatable bonds is 6. The Bertz CT molecular complexity index is 1110. The number of aromatic hydroxyl groups is 1. The lowest BCUT2D eigenvalue weighted by atomic mass is 10.0. The van der Waals surface area contributed by atoms with E-state index in [4.69, 9.17) is 0 Å². The minimum absolute atomic E-state index is 0.102. The van der Waals surface area contributed by atoms with Crippen molar-refractivity contribution in [2.45, 2.75) is 24.1 Å². The molecule has 152 valence electrons. The number of hydrogen-bond donors (Lipinski definition) is 2. The number of phenolic OH excluding ortho intramolecular Hbond substituents is 1. The molecule has 1 amide bonds. The summed E-state index contributed by atoms with van der Waals surface area (Å²) in [6, 6.07) is 15.0. The van der Waals surface area contributed by atoms with Crippen LogP contribution in [0.25, 0.3) is 0 Å². The molecule has 2 N–H and O–H groups in total. The highest BCUT2D eigenvalue weighted by atomic mass is 32.2. The molecule has 8 heteroatoms. The van der Waals surface area contributed by atoms with Crippen LogP contribution in [0.3, 0.4) is 0 Å². The first-order chi connectivity index (χ1) is 13.7. The molecule has 3 rings (SSSR count). The van der Waals surface area contributed by atoms with Crippen LogP contribution in [0.2, 0.25) is 0 Å². The maximum Gasteiger partial charge on any atom is 0.271 e. The number of aryl methyl sites for hydroxylation is 1. The summed E-state index contributed by atoms with van der Waals surface area (Å²) >= 11 is 1.09. The van der Waals surface area contributed by atoms with Crippen LogP contribution < -0.4 is 4.72 Å². The quantitative estimate of drug-likeness (QED) is 0.607. The van der Waals surface area contributed by atoms with E-state index < -0.39 is 10.0 Å². The van der Waals surface area contributed by atoms with E-state index in [2.05, 4.69) is 4.72 Å². The van der Waals surface area contributed by atoms with Gasteiger partial charge in [-0.2, -0.15) is 0 Å². The van der Waals surface area contributed by atoms with E-state index in [-0.39, 0.29) is 33.2 Å². The zero-order chi connectivity index (χ0) is 21.2. The molecule has 1 unspecified atom stereocenters.